The minimum atomic E-state index is 0.717. The molecular formula is C14H30N2. The van der Waals surface area contributed by atoms with Gasteiger partial charge in [-0.2, -0.15) is 0 Å². The monoisotopic (exact) mass is 226 g/mol. The van der Waals surface area contributed by atoms with E-state index in [4.69, 9.17) is 5.73 Å². The Balaban J connectivity index is 1.81. The summed E-state index contributed by atoms with van der Waals surface area (Å²) in [6.07, 6.45) is 12.3. The van der Waals surface area contributed by atoms with Crippen LogP contribution >= 0.6 is 0 Å². The lowest BCUT2D eigenvalue weighted by atomic mass is 10.0. The second-order valence-electron chi connectivity index (χ2n) is 5.48. The van der Waals surface area contributed by atoms with Crippen LogP contribution in [0.4, 0.5) is 0 Å². The van der Waals surface area contributed by atoms with E-state index in [1.165, 1.54) is 70.9 Å². The van der Waals surface area contributed by atoms with Crippen molar-refractivity contribution < 1.29 is 0 Å². The van der Waals surface area contributed by atoms with Crippen molar-refractivity contribution in [2.45, 2.75) is 64.7 Å². The van der Waals surface area contributed by atoms with Gasteiger partial charge in [0.05, 0.1) is 0 Å². The maximum absolute atomic E-state index is 5.46. The van der Waals surface area contributed by atoms with E-state index in [0.717, 1.165) is 6.54 Å². The Morgan fingerprint density at radius 1 is 1.06 bits per heavy atom. The molecule has 1 saturated carbocycles. The van der Waals surface area contributed by atoms with Gasteiger partial charge in [-0.25, -0.2) is 0 Å². The molecule has 1 rings (SSSR count). The molecule has 0 atom stereocenters. The lowest BCUT2D eigenvalue weighted by molar-refractivity contribution is 0.417. The van der Waals surface area contributed by atoms with Crippen LogP contribution in [-0.2, 0) is 0 Å². The van der Waals surface area contributed by atoms with E-state index in [1.807, 2.05) is 0 Å². The SMILES string of the molecule is CCCC1(CNCCCCCCCN)CC1. The number of hydrogen-bond donors (Lipinski definition) is 2. The van der Waals surface area contributed by atoms with Gasteiger partial charge in [0.1, 0.15) is 0 Å². The molecule has 0 radical (unpaired) electrons. The van der Waals surface area contributed by atoms with Gasteiger partial charge in [0, 0.05) is 6.54 Å². The first-order chi connectivity index (χ1) is 7.83. The third-order valence-corrected chi connectivity index (χ3v) is 3.80. The summed E-state index contributed by atoms with van der Waals surface area (Å²) in [7, 11) is 0. The normalized spacial score (nSPS) is 17.6. The number of unbranched alkanes of at least 4 members (excludes halogenated alkanes) is 4. The largest absolute Gasteiger partial charge is 0.330 e. The van der Waals surface area contributed by atoms with Gasteiger partial charge >= 0.3 is 0 Å². The number of hydrogen-bond acceptors (Lipinski definition) is 2. The quantitative estimate of drug-likeness (QED) is 0.531. The summed E-state index contributed by atoms with van der Waals surface area (Å²) < 4.78 is 0. The fourth-order valence-electron chi connectivity index (χ4n) is 2.50. The molecular weight excluding hydrogens is 196 g/mol. The van der Waals surface area contributed by atoms with Gasteiger partial charge in [0.15, 0.2) is 0 Å². The molecule has 0 saturated heterocycles. The third-order valence-electron chi connectivity index (χ3n) is 3.80. The summed E-state index contributed by atoms with van der Waals surface area (Å²) in [6.45, 7) is 5.65. The lowest BCUT2D eigenvalue weighted by Gasteiger charge is -2.14. The van der Waals surface area contributed by atoms with Gasteiger partial charge < -0.3 is 11.1 Å². The summed E-state index contributed by atoms with van der Waals surface area (Å²) in [5, 5.41) is 3.64. The summed E-state index contributed by atoms with van der Waals surface area (Å²) in [4.78, 5) is 0. The van der Waals surface area contributed by atoms with E-state index in [9.17, 15) is 0 Å². The summed E-state index contributed by atoms with van der Waals surface area (Å²) in [6, 6.07) is 0. The zero-order valence-corrected chi connectivity index (χ0v) is 11.1. The van der Waals surface area contributed by atoms with Gasteiger partial charge in [-0.15, -0.1) is 0 Å². The fourth-order valence-corrected chi connectivity index (χ4v) is 2.50. The lowest BCUT2D eigenvalue weighted by Crippen LogP contribution is -2.24. The van der Waals surface area contributed by atoms with Crippen molar-refractivity contribution >= 4 is 0 Å². The van der Waals surface area contributed by atoms with Crippen LogP contribution in [0.15, 0.2) is 0 Å². The van der Waals surface area contributed by atoms with Crippen molar-refractivity contribution in [3.8, 4) is 0 Å². The Morgan fingerprint density at radius 3 is 2.38 bits per heavy atom. The van der Waals surface area contributed by atoms with Gasteiger partial charge in [0.2, 0.25) is 0 Å². The van der Waals surface area contributed by atoms with Crippen molar-refractivity contribution in [1.82, 2.24) is 5.32 Å². The van der Waals surface area contributed by atoms with Crippen LogP contribution in [0.25, 0.3) is 0 Å². The van der Waals surface area contributed by atoms with Crippen molar-refractivity contribution in [2.24, 2.45) is 11.1 Å². The molecule has 0 aromatic carbocycles. The molecule has 0 unspecified atom stereocenters. The maximum Gasteiger partial charge on any atom is 0.000781 e. The maximum atomic E-state index is 5.46. The number of nitrogens with two attached hydrogens (primary N) is 1. The van der Waals surface area contributed by atoms with Crippen molar-refractivity contribution in [3.05, 3.63) is 0 Å². The van der Waals surface area contributed by atoms with E-state index in [2.05, 4.69) is 12.2 Å². The van der Waals surface area contributed by atoms with Crippen LogP contribution in [0.2, 0.25) is 0 Å². The minimum absolute atomic E-state index is 0.717. The molecule has 1 aliphatic rings. The highest BCUT2D eigenvalue weighted by atomic mass is 14.9. The molecule has 2 nitrogen and oxygen atoms in total. The molecule has 16 heavy (non-hydrogen) atoms. The molecule has 0 aromatic heterocycles. The predicted octanol–water partition coefficient (Wildman–Crippen LogP) is 3.07. The molecule has 0 aromatic rings. The van der Waals surface area contributed by atoms with E-state index >= 15 is 0 Å². The fraction of sp³-hybridized carbons (Fsp3) is 1.00. The van der Waals surface area contributed by atoms with E-state index in [1.54, 1.807) is 0 Å². The molecule has 0 amide bonds. The molecule has 0 spiro atoms. The Labute approximate surface area is 101 Å². The van der Waals surface area contributed by atoms with Crippen molar-refractivity contribution in [1.29, 1.82) is 0 Å². The highest BCUT2D eigenvalue weighted by molar-refractivity contribution is 4.94. The van der Waals surface area contributed by atoms with Gasteiger partial charge in [0.25, 0.3) is 0 Å². The first-order valence-electron chi connectivity index (χ1n) is 7.24. The number of rotatable bonds is 11. The Bertz CT molecular complexity index is 164. The summed E-state index contributed by atoms with van der Waals surface area (Å²) >= 11 is 0. The van der Waals surface area contributed by atoms with Crippen molar-refractivity contribution in [3.63, 3.8) is 0 Å². The number of nitrogens with one attached hydrogen (secondary N) is 1. The molecule has 0 heterocycles. The van der Waals surface area contributed by atoms with Crippen LogP contribution in [0.5, 0.6) is 0 Å². The molecule has 0 aliphatic heterocycles. The van der Waals surface area contributed by atoms with Crippen LogP contribution in [0.3, 0.4) is 0 Å². The van der Waals surface area contributed by atoms with E-state index in [-0.39, 0.29) is 0 Å². The topological polar surface area (TPSA) is 38.0 Å². The average Bonchev–Trinajstić information content (AvgIpc) is 3.03. The molecule has 1 aliphatic carbocycles. The van der Waals surface area contributed by atoms with E-state index in [0.29, 0.717) is 5.41 Å². The Kier molecular flexibility index (Phi) is 7.06. The molecule has 3 N–H and O–H groups in total. The molecule has 0 bridgehead atoms. The highest BCUT2D eigenvalue weighted by Crippen LogP contribution is 2.48. The van der Waals surface area contributed by atoms with Crippen LogP contribution in [-0.4, -0.2) is 19.6 Å². The molecule has 2 heteroatoms. The second-order valence-corrected chi connectivity index (χ2v) is 5.48. The Hall–Kier alpha value is -0.0800. The second kappa shape index (κ2) is 8.08. The average molecular weight is 226 g/mol. The first-order valence-corrected chi connectivity index (χ1v) is 7.24. The zero-order chi connectivity index (χ0) is 11.7. The summed E-state index contributed by atoms with van der Waals surface area (Å²) in [5.41, 5.74) is 6.18. The van der Waals surface area contributed by atoms with Gasteiger partial charge in [-0.3, -0.25) is 0 Å². The standard InChI is InChI=1S/C14H30N2/c1-2-8-14(9-10-14)13-16-12-7-5-3-4-6-11-15/h16H,2-13,15H2,1H3. The highest BCUT2D eigenvalue weighted by Gasteiger charge is 2.40. The van der Waals surface area contributed by atoms with Gasteiger partial charge in [-0.05, 0) is 50.6 Å². The van der Waals surface area contributed by atoms with Crippen molar-refractivity contribution in [2.75, 3.05) is 19.6 Å². The van der Waals surface area contributed by atoms with Gasteiger partial charge in [-0.1, -0.05) is 32.6 Å². The third kappa shape index (κ3) is 5.86. The Morgan fingerprint density at radius 2 is 1.75 bits per heavy atom. The first kappa shape index (κ1) is 14.0. The molecule has 96 valence electrons. The summed E-state index contributed by atoms with van der Waals surface area (Å²) in [5.74, 6) is 0. The smallest absolute Gasteiger partial charge is 0.000781 e. The van der Waals surface area contributed by atoms with Crippen LogP contribution < -0.4 is 11.1 Å². The minimum Gasteiger partial charge on any atom is -0.330 e. The predicted molar refractivity (Wildman–Crippen MR) is 71.6 cm³/mol. The molecule has 1 fully saturated rings. The van der Waals surface area contributed by atoms with E-state index < -0.39 is 0 Å². The zero-order valence-electron chi connectivity index (χ0n) is 11.1. The van der Waals surface area contributed by atoms with Crippen LogP contribution in [0.1, 0.15) is 64.7 Å². The van der Waals surface area contributed by atoms with Crippen LogP contribution in [0, 0.1) is 5.41 Å².